The van der Waals surface area contributed by atoms with E-state index in [2.05, 4.69) is 16.0 Å². The molecule has 0 fully saturated rings. The van der Waals surface area contributed by atoms with Gasteiger partial charge in [-0.15, -0.1) is 0 Å². The van der Waals surface area contributed by atoms with Crippen LogP contribution in [0.3, 0.4) is 0 Å². The Hall–Kier alpha value is -5.11. The third kappa shape index (κ3) is 9.23. The Morgan fingerprint density at radius 2 is 1.24 bits per heavy atom. The number of carbonyl (C=O) groups excluding carboxylic acids is 3. The van der Waals surface area contributed by atoms with E-state index in [1.165, 1.54) is 0 Å². The van der Waals surface area contributed by atoms with Crippen molar-refractivity contribution in [1.82, 2.24) is 16.0 Å². The Bertz CT molecular complexity index is 1370. The van der Waals surface area contributed by atoms with Gasteiger partial charge in [-0.05, 0) is 47.2 Å². The van der Waals surface area contributed by atoms with Crippen molar-refractivity contribution in [1.29, 1.82) is 0 Å². The lowest BCUT2D eigenvalue weighted by Crippen LogP contribution is -2.48. The van der Waals surface area contributed by atoms with Gasteiger partial charge in [0.15, 0.2) is 0 Å². The number of ether oxygens (including phenoxy) is 1. The maximum atomic E-state index is 13.7. The zero-order chi connectivity index (χ0) is 29.6. The fraction of sp³-hybridized carbons (Fsp3) is 0.206. The summed E-state index contributed by atoms with van der Waals surface area (Å²) in [6.07, 6.45) is 0.173. The van der Waals surface area contributed by atoms with Crippen molar-refractivity contribution in [2.45, 2.75) is 38.0 Å². The van der Waals surface area contributed by atoms with Crippen LogP contribution in [-0.2, 0) is 27.5 Å². The van der Waals surface area contributed by atoms with Gasteiger partial charge in [-0.25, -0.2) is 4.79 Å². The van der Waals surface area contributed by atoms with Gasteiger partial charge in [-0.3, -0.25) is 9.59 Å². The van der Waals surface area contributed by atoms with Gasteiger partial charge in [0.1, 0.15) is 18.4 Å². The highest BCUT2D eigenvalue weighted by molar-refractivity contribution is 5.92. The van der Waals surface area contributed by atoms with Gasteiger partial charge in [0, 0.05) is 13.1 Å². The van der Waals surface area contributed by atoms with Crippen LogP contribution in [0.15, 0.2) is 115 Å². The highest BCUT2D eigenvalue weighted by Crippen LogP contribution is 2.25. The first-order chi connectivity index (χ1) is 20.5. The van der Waals surface area contributed by atoms with Crippen molar-refractivity contribution in [2.24, 2.45) is 0 Å². The minimum absolute atomic E-state index is 0.137. The van der Waals surface area contributed by atoms with Gasteiger partial charge in [0.25, 0.3) is 0 Å². The molecule has 0 aliphatic rings. The Labute approximate surface area is 245 Å². The number of hydrogen-bond donors (Lipinski definition) is 4. The van der Waals surface area contributed by atoms with Crippen molar-refractivity contribution in [3.05, 3.63) is 138 Å². The molecule has 0 aliphatic heterocycles. The lowest BCUT2D eigenvalue weighted by molar-refractivity contribution is -0.129. The van der Waals surface area contributed by atoms with Gasteiger partial charge in [-0.1, -0.05) is 103 Å². The molecule has 4 rings (SSSR count). The molecule has 0 bridgehead atoms. The second-order valence-corrected chi connectivity index (χ2v) is 9.83. The average molecular weight is 566 g/mol. The highest BCUT2D eigenvalue weighted by Gasteiger charge is 2.27. The molecule has 1 unspecified atom stereocenters. The van der Waals surface area contributed by atoms with E-state index in [0.717, 1.165) is 22.3 Å². The number of phenols is 1. The Morgan fingerprint density at radius 3 is 1.83 bits per heavy atom. The van der Waals surface area contributed by atoms with Crippen molar-refractivity contribution in [3.63, 3.8) is 0 Å². The molecule has 1 atom stereocenters. The topological polar surface area (TPSA) is 117 Å². The third-order valence-electron chi connectivity index (χ3n) is 6.72. The second-order valence-electron chi connectivity index (χ2n) is 9.83. The summed E-state index contributed by atoms with van der Waals surface area (Å²) in [7, 11) is 0. The number of amides is 3. The number of nitrogens with one attached hydrogen (secondary N) is 3. The van der Waals surface area contributed by atoms with E-state index in [-0.39, 0.29) is 37.3 Å². The first kappa shape index (κ1) is 29.9. The molecule has 42 heavy (non-hydrogen) atoms. The first-order valence-electron chi connectivity index (χ1n) is 13.9. The summed E-state index contributed by atoms with van der Waals surface area (Å²) in [5.74, 6) is -1.11. The summed E-state index contributed by atoms with van der Waals surface area (Å²) in [6.45, 7) is 0.660. The van der Waals surface area contributed by atoms with Gasteiger partial charge in [0.05, 0.1) is 5.92 Å². The summed E-state index contributed by atoms with van der Waals surface area (Å²) in [5.41, 5.74) is 3.31. The predicted octanol–water partition coefficient (Wildman–Crippen LogP) is 5.03. The van der Waals surface area contributed by atoms with Crippen LogP contribution in [0.5, 0.6) is 5.75 Å². The molecule has 0 aliphatic carbocycles. The summed E-state index contributed by atoms with van der Waals surface area (Å²) < 4.78 is 5.26. The molecule has 0 spiro atoms. The molecule has 8 nitrogen and oxygen atoms in total. The molecule has 4 aromatic carbocycles. The molecule has 0 saturated heterocycles. The zero-order valence-corrected chi connectivity index (χ0v) is 23.2. The molecule has 216 valence electrons. The summed E-state index contributed by atoms with van der Waals surface area (Å²) in [4.78, 5) is 39.2. The molecule has 0 aromatic heterocycles. The number of carbonyl (C=O) groups is 3. The van der Waals surface area contributed by atoms with Crippen molar-refractivity contribution < 1.29 is 24.2 Å². The van der Waals surface area contributed by atoms with Gasteiger partial charge in [0.2, 0.25) is 11.8 Å². The fourth-order valence-corrected chi connectivity index (χ4v) is 4.51. The molecule has 0 radical (unpaired) electrons. The normalized spacial score (nSPS) is 11.4. The largest absolute Gasteiger partial charge is 0.508 e. The van der Waals surface area contributed by atoms with Crippen molar-refractivity contribution >= 4 is 17.9 Å². The average Bonchev–Trinajstić information content (AvgIpc) is 3.02. The van der Waals surface area contributed by atoms with E-state index in [0.29, 0.717) is 12.8 Å². The molecular weight excluding hydrogens is 530 g/mol. The van der Waals surface area contributed by atoms with Gasteiger partial charge in [-0.2, -0.15) is 0 Å². The van der Waals surface area contributed by atoms with Crippen LogP contribution in [0.2, 0.25) is 0 Å². The van der Waals surface area contributed by atoms with E-state index >= 15 is 0 Å². The number of rotatable bonds is 13. The molecule has 4 aromatic rings. The minimum Gasteiger partial charge on any atom is -0.508 e. The summed E-state index contributed by atoms with van der Waals surface area (Å²) >= 11 is 0. The summed E-state index contributed by atoms with van der Waals surface area (Å²) in [5, 5.41) is 18.1. The third-order valence-corrected chi connectivity index (χ3v) is 6.72. The molecular formula is C34H35N3O5. The standard InChI is InChI=1S/C34H35N3O5/c38-29-20-18-25(19-21-29)23-36-32(39)30(17-10-22-35-34(41)42-24-26-11-4-1-5-12-26)37-33(40)31(27-13-6-2-7-14-27)28-15-8-3-9-16-28/h1-9,11-16,18-21,30-31,38H,10,17,22-24H2,(H,35,41)(H,36,39)(H,37,40). The van der Waals surface area contributed by atoms with E-state index in [9.17, 15) is 19.5 Å². The lowest BCUT2D eigenvalue weighted by Gasteiger charge is -2.23. The van der Waals surface area contributed by atoms with Gasteiger partial charge < -0.3 is 25.8 Å². The van der Waals surface area contributed by atoms with E-state index in [1.54, 1.807) is 24.3 Å². The van der Waals surface area contributed by atoms with E-state index in [1.807, 2.05) is 91.0 Å². The Balaban J connectivity index is 1.40. The summed E-state index contributed by atoms with van der Waals surface area (Å²) in [6, 6.07) is 33.9. The van der Waals surface area contributed by atoms with Crippen molar-refractivity contribution in [2.75, 3.05) is 6.54 Å². The minimum atomic E-state index is -0.841. The monoisotopic (exact) mass is 565 g/mol. The van der Waals surface area contributed by atoms with Crippen LogP contribution in [0.25, 0.3) is 0 Å². The zero-order valence-electron chi connectivity index (χ0n) is 23.2. The molecule has 0 heterocycles. The number of hydrogen-bond acceptors (Lipinski definition) is 5. The number of alkyl carbamates (subject to hydrolysis) is 1. The van der Waals surface area contributed by atoms with Crippen LogP contribution in [0, 0.1) is 0 Å². The maximum Gasteiger partial charge on any atom is 0.407 e. The van der Waals surface area contributed by atoms with Crippen LogP contribution >= 0.6 is 0 Å². The molecule has 0 saturated carbocycles. The van der Waals surface area contributed by atoms with Crippen LogP contribution in [-0.4, -0.2) is 35.6 Å². The van der Waals surface area contributed by atoms with Crippen LogP contribution in [0.1, 0.15) is 41.0 Å². The highest BCUT2D eigenvalue weighted by atomic mass is 16.5. The first-order valence-corrected chi connectivity index (χ1v) is 13.9. The number of benzene rings is 4. The smallest absolute Gasteiger partial charge is 0.407 e. The second kappa shape index (κ2) is 15.6. The van der Waals surface area contributed by atoms with E-state index < -0.39 is 18.1 Å². The Kier molecular flexibility index (Phi) is 11.1. The predicted molar refractivity (Wildman–Crippen MR) is 160 cm³/mol. The fourth-order valence-electron chi connectivity index (χ4n) is 4.51. The quantitative estimate of drug-likeness (QED) is 0.170. The SMILES string of the molecule is O=C(NCCCC(NC(=O)C(c1ccccc1)c1ccccc1)C(=O)NCc1ccc(O)cc1)OCc1ccccc1. The van der Waals surface area contributed by atoms with Gasteiger partial charge >= 0.3 is 6.09 Å². The number of phenolic OH excluding ortho intramolecular Hbond substituents is 1. The van der Waals surface area contributed by atoms with Crippen LogP contribution in [0.4, 0.5) is 4.79 Å². The molecule has 4 N–H and O–H groups in total. The maximum absolute atomic E-state index is 13.7. The molecule has 3 amide bonds. The Morgan fingerprint density at radius 1 is 0.667 bits per heavy atom. The molecule has 8 heteroatoms. The van der Waals surface area contributed by atoms with Crippen molar-refractivity contribution in [3.8, 4) is 5.75 Å². The van der Waals surface area contributed by atoms with Crippen LogP contribution < -0.4 is 16.0 Å². The number of aromatic hydroxyl groups is 1. The lowest BCUT2D eigenvalue weighted by atomic mass is 9.90. The van der Waals surface area contributed by atoms with E-state index in [4.69, 9.17) is 4.74 Å².